The topological polar surface area (TPSA) is 32.3 Å². The quantitative estimate of drug-likeness (QED) is 0.815. The zero-order chi connectivity index (χ0) is 12.3. The first kappa shape index (κ1) is 11.6. The van der Waals surface area contributed by atoms with Gasteiger partial charge in [0.25, 0.3) is 0 Å². The highest BCUT2D eigenvalue weighted by Crippen LogP contribution is 2.18. The van der Waals surface area contributed by atoms with E-state index in [1.165, 1.54) is 5.39 Å². The van der Waals surface area contributed by atoms with E-state index in [0.717, 1.165) is 10.9 Å². The molecule has 0 aliphatic carbocycles. The maximum absolute atomic E-state index is 11.7. The van der Waals surface area contributed by atoms with Gasteiger partial charge in [-0.15, -0.1) is 0 Å². The molecular weight excluding hydrogens is 212 g/mol. The number of benzene rings is 2. The van der Waals surface area contributed by atoms with Gasteiger partial charge in [0.2, 0.25) is 5.91 Å². The van der Waals surface area contributed by atoms with Gasteiger partial charge in [-0.3, -0.25) is 10.2 Å². The van der Waals surface area contributed by atoms with E-state index in [-0.39, 0.29) is 5.91 Å². The molecule has 2 aromatic rings. The van der Waals surface area contributed by atoms with E-state index in [9.17, 15) is 4.79 Å². The van der Waals surface area contributed by atoms with Gasteiger partial charge in [0.05, 0.1) is 6.42 Å². The number of rotatable bonds is 3. The molecule has 3 nitrogen and oxygen atoms in total. The van der Waals surface area contributed by atoms with Crippen molar-refractivity contribution < 1.29 is 4.79 Å². The van der Waals surface area contributed by atoms with Crippen LogP contribution in [0.25, 0.3) is 10.8 Å². The number of hydrogen-bond acceptors (Lipinski definition) is 2. The molecule has 0 unspecified atom stereocenters. The maximum Gasteiger partial charge on any atom is 0.238 e. The SMILES string of the molecule is CN(C)NC(=O)Cc1cccc2ccccc12. The van der Waals surface area contributed by atoms with Gasteiger partial charge in [-0.05, 0) is 16.3 Å². The number of fused-ring (bicyclic) bond motifs is 1. The lowest BCUT2D eigenvalue weighted by molar-refractivity contribution is -0.124. The number of nitrogens with zero attached hydrogens (tertiary/aromatic N) is 1. The summed E-state index contributed by atoms with van der Waals surface area (Å²) in [6.07, 6.45) is 0.402. The maximum atomic E-state index is 11.7. The van der Waals surface area contributed by atoms with Crippen molar-refractivity contribution in [3.05, 3.63) is 48.0 Å². The van der Waals surface area contributed by atoms with Gasteiger partial charge in [-0.1, -0.05) is 42.5 Å². The van der Waals surface area contributed by atoms with Crippen molar-refractivity contribution in [1.29, 1.82) is 0 Å². The third kappa shape index (κ3) is 2.82. The number of amides is 1. The van der Waals surface area contributed by atoms with Crippen LogP contribution in [-0.2, 0) is 11.2 Å². The predicted molar refractivity (Wildman–Crippen MR) is 69.5 cm³/mol. The largest absolute Gasteiger partial charge is 0.289 e. The average molecular weight is 228 g/mol. The summed E-state index contributed by atoms with van der Waals surface area (Å²) in [4.78, 5) is 11.7. The van der Waals surface area contributed by atoms with Crippen molar-refractivity contribution in [2.24, 2.45) is 0 Å². The molecular formula is C14H16N2O. The zero-order valence-corrected chi connectivity index (χ0v) is 10.1. The van der Waals surface area contributed by atoms with Crippen LogP contribution in [0.2, 0.25) is 0 Å². The number of hydrazine groups is 1. The Morgan fingerprint density at radius 2 is 1.82 bits per heavy atom. The van der Waals surface area contributed by atoms with Gasteiger partial charge in [-0.2, -0.15) is 0 Å². The third-order valence-electron chi connectivity index (χ3n) is 2.58. The van der Waals surface area contributed by atoms with Crippen LogP contribution in [-0.4, -0.2) is 25.0 Å². The summed E-state index contributed by atoms with van der Waals surface area (Å²) in [7, 11) is 3.61. The molecule has 0 aliphatic heterocycles. The molecule has 2 aromatic carbocycles. The van der Waals surface area contributed by atoms with Crippen LogP contribution in [0.5, 0.6) is 0 Å². The molecule has 0 saturated carbocycles. The van der Waals surface area contributed by atoms with Crippen LogP contribution in [0.1, 0.15) is 5.56 Å². The van der Waals surface area contributed by atoms with Gasteiger partial charge >= 0.3 is 0 Å². The second-order valence-electron chi connectivity index (χ2n) is 4.24. The van der Waals surface area contributed by atoms with Crippen LogP contribution in [0.4, 0.5) is 0 Å². The zero-order valence-electron chi connectivity index (χ0n) is 10.1. The molecule has 17 heavy (non-hydrogen) atoms. The van der Waals surface area contributed by atoms with Crippen LogP contribution in [0.3, 0.4) is 0 Å². The highest BCUT2D eigenvalue weighted by molar-refractivity contribution is 5.90. The number of nitrogens with one attached hydrogen (secondary N) is 1. The van der Waals surface area contributed by atoms with Gasteiger partial charge < -0.3 is 0 Å². The monoisotopic (exact) mass is 228 g/mol. The fraction of sp³-hybridized carbons (Fsp3) is 0.214. The lowest BCUT2D eigenvalue weighted by Crippen LogP contribution is -2.37. The Morgan fingerprint density at radius 3 is 2.59 bits per heavy atom. The highest BCUT2D eigenvalue weighted by Gasteiger charge is 2.06. The lowest BCUT2D eigenvalue weighted by atomic mass is 10.0. The highest BCUT2D eigenvalue weighted by atomic mass is 16.2. The minimum atomic E-state index is 0.00588. The lowest BCUT2D eigenvalue weighted by Gasteiger charge is -2.12. The second kappa shape index (κ2) is 4.97. The summed E-state index contributed by atoms with van der Waals surface area (Å²) in [5.41, 5.74) is 3.81. The van der Waals surface area contributed by atoms with Crippen molar-refractivity contribution in [2.45, 2.75) is 6.42 Å². The third-order valence-corrected chi connectivity index (χ3v) is 2.58. The van der Waals surface area contributed by atoms with Gasteiger partial charge in [0.15, 0.2) is 0 Å². The normalized spacial score (nSPS) is 10.8. The van der Waals surface area contributed by atoms with Crippen molar-refractivity contribution in [3.8, 4) is 0 Å². The number of carbonyl (C=O) groups excluding carboxylic acids is 1. The molecule has 1 amide bonds. The van der Waals surface area contributed by atoms with E-state index in [1.807, 2.05) is 30.3 Å². The Labute approximate surface area is 101 Å². The van der Waals surface area contributed by atoms with E-state index in [2.05, 4.69) is 17.6 Å². The van der Waals surface area contributed by atoms with Crippen LogP contribution in [0, 0.1) is 0 Å². The van der Waals surface area contributed by atoms with Gasteiger partial charge in [-0.25, -0.2) is 5.01 Å². The Hall–Kier alpha value is -1.87. The second-order valence-corrected chi connectivity index (χ2v) is 4.24. The molecule has 88 valence electrons. The molecule has 0 fully saturated rings. The summed E-state index contributed by atoms with van der Waals surface area (Å²) in [6.45, 7) is 0. The van der Waals surface area contributed by atoms with Crippen molar-refractivity contribution in [3.63, 3.8) is 0 Å². The van der Waals surface area contributed by atoms with E-state index < -0.39 is 0 Å². The fourth-order valence-electron chi connectivity index (χ4n) is 1.91. The van der Waals surface area contributed by atoms with Crippen LogP contribution < -0.4 is 5.43 Å². The molecule has 1 N–H and O–H groups in total. The number of hydrogen-bond donors (Lipinski definition) is 1. The fourth-order valence-corrected chi connectivity index (χ4v) is 1.91. The molecule has 0 radical (unpaired) electrons. The molecule has 3 heteroatoms. The van der Waals surface area contributed by atoms with Gasteiger partial charge in [0.1, 0.15) is 0 Å². The predicted octanol–water partition coefficient (Wildman–Crippen LogP) is 1.98. The van der Waals surface area contributed by atoms with E-state index in [0.29, 0.717) is 6.42 Å². The minimum absolute atomic E-state index is 0.00588. The molecule has 0 spiro atoms. The first-order chi connectivity index (χ1) is 8.16. The molecule has 0 saturated heterocycles. The number of carbonyl (C=O) groups is 1. The van der Waals surface area contributed by atoms with Crippen molar-refractivity contribution in [2.75, 3.05) is 14.1 Å². The Morgan fingerprint density at radius 1 is 1.12 bits per heavy atom. The summed E-state index contributed by atoms with van der Waals surface area (Å²) >= 11 is 0. The van der Waals surface area contributed by atoms with E-state index >= 15 is 0 Å². The van der Waals surface area contributed by atoms with Crippen molar-refractivity contribution >= 4 is 16.7 Å². The summed E-state index contributed by atoms with van der Waals surface area (Å²) in [5.74, 6) is 0.00588. The average Bonchev–Trinajstić information content (AvgIpc) is 2.28. The Kier molecular flexibility index (Phi) is 3.40. The first-order valence-electron chi connectivity index (χ1n) is 5.60. The van der Waals surface area contributed by atoms with Crippen LogP contribution >= 0.6 is 0 Å². The van der Waals surface area contributed by atoms with E-state index in [1.54, 1.807) is 19.1 Å². The molecule has 0 aromatic heterocycles. The van der Waals surface area contributed by atoms with Crippen LogP contribution in [0.15, 0.2) is 42.5 Å². The minimum Gasteiger partial charge on any atom is -0.289 e. The molecule has 0 aliphatic rings. The summed E-state index contributed by atoms with van der Waals surface area (Å²) in [5, 5.41) is 3.97. The molecule has 0 bridgehead atoms. The Balaban J connectivity index is 2.27. The van der Waals surface area contributed by atoms with E-state index in [4.69, 9.17) is 0 Å². The summed E-state index contributed by atoms with van der Waals surface area (Å²) < 4.78 is 0. The molecule has 2 rings (SSSR count). The smallest absolute Gasteiger partial charge is 0.238 e. The summed E-state index contributed by atoms with van der Waals surface area (Å²) in [6, 6.07) is 14.2. The van der Waals surface area contributed by atoms with Gasteiger partial charge in [0, 0.05) is 14.1 Å². The molecule has 0 atom stereocenters. The first-order valence-corrected chi connectivity index (χ1v) is 5.60. The van der Waals surface area contributed by atoms with Crippen molar-refractivity contribution in [1.82, 2.24) is 10.4 Å². The standard InChI is InChI=1S/C14H16N2O/c1-16(2)15-14(17)10-12-8-5-7-11-6-3-4-9-13(11)12/h3-9H,10H2,1-2H3,(H,15,17). The Bertz CT molecular complexity index is 529. The molecule has 0 heterocycles.